The molecule has 1 aliphatic rings. The number of aryl methyl sites for hydroxylation is 1. The SMILES string of the molecule is CN1CCC[C@H]1c1cncc(CCCNC(=O)CCC(=O)NCCCOCCOCCOCCCN)c1. The highest BCUT2D eigenvalue weighted by Crippen LogP contribution is 2.30. The Morgan fingerprint density at radius 2 is 1.57 bits per heavy atom. The minimum Gasteiger partial charge on any atom is -0.379 e. The first-order chi connectivity index (χ1) is 18.1. The molecule has 0 aromatic carbocycles. The lowest BCUT2D eigenvalue weighted by Crippen LogP contribution is -2.29. The van der Waals surface area contributed by atoms with Crippen molar-refractivity contribution in [3.8, 4) is 0 Å². The molecule has 1 fully saturated rings. The van der Waals surface area contributed by atoms with Gasteiger partial charge in [0.2, 0.25) is 11.8 Å². The maximum Gasteiger partial charge on any atom is 0.220 e. The van der Waals surface area contributed by atoms with Gasteiger partial charge in [-0.3, -0.25) is 19.5 Å². The molecule has 10 nitrogen and oxygen atoms in total. The fourth-order valence-electron chi connectivity index (χ4n) is 4.21. The first-order valence-corrected chi connectivity index (χ1v) is 13.7. The van der Waals surface area contributed by atoms with Gasteiger partial charge in [-0.2, -0.15) is 0 Å². The number of hydrogen-bond donors (Lipinski definition) is 3. The minimum absolute atomic E-state index is 0.0947. The first-order valence-electron chi connectivity index (χ1n) is 13.7. The van der Waals surface area contributed by atoms with E-state index in [1.165, 1.54) is 24.0 Å². The van der Waals surface area contributed by atoms with Crippen LogP contribution in [-0.2, 0) is 30.2 Å². The summed E-state index contributed by atoms with van der Waals surface area (Å²) >= 11 is 0. The molecule has 2 rings (SSSR count). The molecule has 1 aliphatic heterocycles. The summed E-state index contributed by atoms with van der Waals surface area (Å²) in [5.74, 6) is -0.212. The van der Waals surface area contributed by atoms with Gasteiger partial charge in [0.25, 0.3) is 0 Å². The Kier molecular flexibility index (Phi) is 16.8. The van der Waals surface area contributed by atoms with E-state index in [1.807, 2.05) is 12.4 Å². The number of aromatic nitrogens is 1. The van der Waals surface area contributed by atoms with Gasteiger partial charge in [0.05, 0.1) is 26.4 Å². The molecule has 0 bridgehead atoms. The number of nitrogens with two attached hydrogens (primary N) is 1. The average molecular weight is 522 g/mol. The molecular formula is C27H47N5O5. The van der Waals surface area contributed by atoms with Crippen molar-refractivity contribution in [2.24, 2.45) is 5.73 Å². The molecule has 1 saturated heterocycles. The van der Waals surface area contributed by atoms with Crippen molar-refractivity contribution in [3.05, 3.63) is 29.6 Å². The van der Waals surface area contributed by atoms with Crippen LogP contribution in [0.3, 0.4) is 0 Å². The summed E-state index contributed by atoms with van der Waals surface area (Å²) < 4.78 is 16.2. The number of rotatable bonds is 21. The van der Waals surface area contributed by atoms with E-state index in [0.717, 1.165) is 25.8 Å². The van der Waals surface area contributed by atoms with Gasteiger partial charge in [0.15, 0.2) is 0 Å². The highest BCUT2D eigenvalue weighted by atomic mass is 16.5. The summed E-state index contributed by atoms with van der Waals surface area (Å²) in [5.41, 5.74) is 7.87. The van der Waals surface area contributed by atoms with E-state index in [1.54, 1.807) is 0 Å². The highest BCUT2D eigenvalue weighted by molar-refractivity contribution is 5.83. The second-order valence-corrected chi connectivity index (χ2v) is 9.40. The summed E-state index contributed by atoms with van der Waals surface area (Å²) in [6, 6.07) is 2.71. The van der Waals surface area contributed by atoms with Crippen molar-refractivity contribution in [2.75, 3.05) is 72.9 Å². The first kappa shape index (κ1) is 31.1. The summed E-state index contributed by atoms with van der Waals surface area (Å²) in [4.78, 5) is 30.8. The third kappa shape index (κ3) is 14.4. The Morgan fingerprint density at radius 3 is 2.19 bits per heavy atom. The number of nitrogens with zero attached hydrogens (tertiary/aromatic N) is 2. The molecule has 0 saturated carbocycles. The van der Waals surface area contributed by atoms with Crippen LogP contribution in [0.5, 0.6) is 0 Å². The summed E-state index contributed by atoms with van der Waals surface area (Å²) in [7, 11) is 2.16. The number of carbonyl (C=O) groups excluding carboxylic acids is 2. The van der Waals surface area contributed by atoms with Crippen LogP contribution >= 0.6 is 0 Å². The van der Waals surface area contributed by atoms with Crippen LogP contribution < -0.4 is 16.4 Å². The molecule has 1 aromatic rings. The number of likely N-dealkylation sites (tertiary alicyclic amines) is 1. The normalized spacial score (nSPS) is 15.7. The van der Waals surface area contributed by atoms with Crippen LogP contribution in [0.25, 0.3) is 0 Å². The van der Waals surface area contributed by atoms with E-state index in [2.05, 4.69) is 33.6 Å². The Bertz CT molecular complexity index is 766. The van der Waals surface area contributed by atoms with Gasteiger partial charge in [-0.1, -0.05) is 6.07 Å². The Balaban J connectivity index is 1.40. The van der Waals surface area contributed by atoms with Crippen molar-refractivity contribution >= 4 is 11.8 Å². The van der Waals surface area contributed by atoms with E-state index in [-0.39, 0.29) is 24.7 Å². The summed E-state index contributed by atoms with van der Waals surface area (Å²) in [5, 5.41) is 5.74. The second-order valence-electron chi connectivity index (χ2n) is 9.40. The minimum atomic E-state index is -0.118. The maximum atomic E-state index is 12.1. The van der Waals surface area contributed by atoms with E-state index in [4.69, 9.17) is 19.9 Å². The van der Waals surface area contributed by atoms with Crippen molar-refractivity contribution < 1.29 is 23.8 Å². The molecule has 37 heavy (non-hydrogen) atoms. The van der Waals surface area contributed by atoms with Gasteiger partial charge >= 0.3 is 0 Å². The molecule has 0 aliphatic carbocycles. The third-order valence-electron chi connectivity index (χ3n) is 6.29. The lowest BCUT2D eigenvalue weighted by molar-refractivity contribution is -0.126. The van der Waals surface area contributed by atoms with Gasteiger partial charge in [0.1, 0.15) is 0 Å². The molecule has 10 heteroatoms. The van der Waals surface area contributed by atoms with Crippen molar-refractivity contribution in [3.63, 3.8) is 0 Å². The molecule has 4 N–H and O–H groups in total. The lowest BCUT2D eigenvalue weighted by atomic mass is 10.0. The quantitative estimate of drug-likeness (QED) is 0.208. The predicted octanol–water partition coefficient (Wildman–Crippen LogP) is 1.58. The van der Waals surface area contributed by atoms with E-state index in [9.17, 15) is 9.59 Å². The van der Waals surface area contributed by atoms with Crippen LogP contribution in [-0.4, -0.2) is 94.6 Å². The summed E-state index contributed by atoms with van der Waals surface area (Å²) in [6.07, 6.45) is 9.97. The number of pyridine rings is 1. The summed E-state index contributed by atoms with van der Waals surface area (Å²) in [6.45, 7) is 6.24. The van der Waals surface area contributed by atoms with E-state index >= 15 is 0 Å². The van der Waals surface area contributed by atoms with Gasteiger partial charge in [-0.15, -0.1) is 0 Å². The fourth-order valence-corrected chi connectivity index (χ4v) is 4.21. The number of nitrogens with one attached hydrogen (secondary N) is 2. The number of amides is 2. The largest absolute Gasteiger partial charge is 0.379 e. The van der Waals surface area contributed by atoms with Crippen LogP contribution in [0.4, 0.5) is 0 Å². The van der Waals surface area contributed by atoms with Crippen LogP contribution in [0.1, 0.15) is 62.1 Å². The molecule has 2 heterocycles. The van der Waals surface area contributed by atoms with Crippen molar-refractivity contribution in [1.29, 1.82) is 0 Å². The van der Waals surface area contributed by atoms with Crippen LogP contribution in [0.2, 0.25) is 0 Å². The number of carbonyl (C=O) groups is 2. The maximum absolute atomic E-state index is 12.1. The highest BCUT2D eigenvalue weighted by Gasteiger charge is 2.22. The topological polar surface area (TPSA) is 128 Å². The Hall–Kier alpha value is -2.11. The number of ether oxygens (including phenoxy) is 3. The molecule has 0 spiro atoms. The zero-order valence-corrected chi connectivity index (χ0v) is 22.6. The molecule has 0 radical (unpaired) electrons. The zero-order valence-electron chi connectivity index (χ0n) is 22.6. The van der Waals surface area contributed by atoms with Gasteiger partial charge in [0, 0.05) is 57.6 Å². The fraction of sp³-hybridized carbons (Fsp3) is 0.741. The lowest BCUT2D eigenvalue weighted by Gasteiger charge is -2.19. The third-order valence-corrected chi connectivity index (χ3v) is 6.29. The molecule has 2 amide bonds. The molecular weight excluding hydrogens is 474 g/mol. The molecule has 1 aromatic heterocycles. The predicted molar refractivity (Wildman–Crippen MR) is 143 cm³/mol. The van der Waals surface area contributed by atoms with Gasteiger partial charge < -0.3 is 30.6 Å². The van der Waals surface area contributed by atoms with E-state index < -0.39 is 0 Å². The smallest absolute Gasteiger partial charge is 0.220 e. The van der Waals surface area contributed by atoms with E-state index in [0.29, 0.717) is 71.7 Å². The molecule has 210 valence electrons. The van der Waals surface area contributed by atoms with Crippen LogP contribution in [0.15, 0.2) is 18.5 Å². The monoisotopic (exact) mass is 521 g/mol. The second kappa shape index (κ2) is 19.9. The van der Waals surface area contributed by atoms with Gasteiger partial charge in [-0.05, 0) is 69.8 Å². The molecule has 0 unspecified atom stereocenters. The Labute approximate surface area is 222 Å². The van der Waals surface area contributed by atoms with Crippen molar-refractivity contribution in [1.82, 2.24) is 20.5 Å². The standard InChI is InChI=1S/C27H47N5O5/c1-32-13-3-7-25(32)24-20-23(21-29-22-24)6-2-11-30-26(33)8-9-27(34)31-12-5-15-36-17-19-37-18-16-35-14-4-10-28/h20-22,25H,2-19,28H2,1H3,(H,30,33)(H,31,34)/t25-/m0/s1. The van der Waals surface area contributed by atoms with Crippen LogP contribution in [0, 0.1) is 0 Å². The van der Waals surface area contributed by atoms with Crippen molar-refractivity contribution in [2.45, 2.75) is 57.4 Å². The average Bonchev–Trinajstić information content (AvgIpc) is 3.34. The zero-order chi connectivity index (χ0) is 26.6. The van der Waals surface area contributed by atoms with Gasteiger partial charge in [-0.25, -0.2) is 0 Å². The number of hydrogen-bond acceptors (Lipinski definition) is 8. The Morgan fingerprint density at radius 1 is 0.946 bits per heavy atom. The molecule has 1 atom stereocenters.